The Morgan fingerprint density at radius 3 is 2.31 bits per heavy atom. The lowest BCUT2D eigenvalue weighted by Crippen LogP contribution is -2.31. The molecule has 0 heterocycles. The Morgan fingerprint density at radius 1 is 0.971 bits per heavy atom. The van der Waals surface area contributed by atoms with Gasteiger partial charge in [-0.1, -0.05) is 96.8 Å². The van der Waals surface area contributed by atoms with Gasteiger partial charge in [0.05, 0.1) is 0 Å². The minimum Gasteiger partial charge on any atom is -0.381 e. The van der Waals surface area contributed by atoms with Gasteiger partial charge in [-0.25, -0.2) is 0 Å². The van der Waals surface area contributed by atoms with Crippen LogP contribution in [0, 0.1) is 19.3 Å². The Balaban J connectivity index is 1.89. The van der Waals surface area contributed by atoms with Crippen LogP contribution in [0.4, 0.5) is 0 Å². The summed E-state index contributed by atoms with van der Waals surface area (Å²) < 4.78 is 2.19. The van der Waals surface area contributed by atoms with Crippen molar-refractivity contribution in [1.82, 2.24) is 0 Å². The lowest BCUT2D eigenvalue weighted by molar-refractivity contribution is 0.0671. The van der Waals surface area contributed by atoms with Gasteiger partial charge in [0.1, 0.15) is 5.60 Å². The molecule has 35 heavy (non-hydrogen) atoms. The van der Waals surface area contributed by atoms with E-state index in [0.717, 1.165) is 38.5 Å². The molecule has 0 fully saturated rings. The monoisotopic (exact) mass is 614 g/mol. The number of benzene rings is 3. The van der Waals surface area contributed by atoms with Crippen molar-refractivity contribution < 1.29 is 5.11 Å². The molecule has 1 N–H and O–H groups in total. The third kappa shape index (κ3) is 5.80. The van der Waals surface area contributed by atoms with E-state index >= 15 is 0 Å². The molecule has 1 nitrogen and oxygen atoms in total. The van der Waals surface area contributed by atoms with E-state index < -0.39 is 5.60 Å². The molecule has 0 bridgehead atoms. The van der Waals surface area contributed by atoms with Crippen molar-refractivity contribution in [2.24, 2.45) is 5.41 Å². The van der Waals surface area contributed by atoms with Gasteiger partial charge in [0.25, 0.3) is 0 Å². The smallest absolute Gasteiger partial charge is 0.110 e. The molecule has 3 aromatic rings. The van der Waals surface area contributed by atoms with E-state index in [0.29, 0.717) is 11.4 Å². The molecule has 0 aromatic heterocycles. The first-order valence-electron chi connectivity index (χ1n) is 12.1. The zero-order chi connectivity index (χ0) is 25.5. The molecule has 0 radical (unpaired) electrons. The van der Waals surface area contributed by atoms with Crippen molar-refractivity contribution in [3.8, 4) is 0 Å². The van der Waals surface area contributed by atoms with Gasteiger partial charge in [-0.05, 0) is 106 Å². The van der Waals surface area contributed by atoms with E-state index in [-0.39, 0.29) is 11.3 Å². The van der Waals surface area contributed by atoms with Gasteiger partial charge in [-0.3, -0.25) is 0 Å². The lowest BCUT2D eigenvalue weighted by atomic mass is 9.71. The van der Waals surface area contributed by atoms with Crippen molar-refractivity contribution >= 4 is 49.0 Å². The minimum atomic E-state index is -1.18. The van der Waals surface area contributed by atoms with Gasteiger partial charge < -0.3 is 5.11 Å². The number of halogens is 3. The molecule has 0 saturated carbocycles. The van der Waals surface area contributed by atoms with Crippen LogP contribution in [0.1, 0.15) is 72.9 Å². The number of hydrogen-bond donors (Lipinski definition) is 1. The van der Waals surface area contributed by atoms with Crippen LogP contribution in [-0.2, 0) is 12.0 Å². The van der Waals surface area contributed by atoms with Gasteiger partial charge in [-0.2, -0.15) is 0 Å². The molecular formula is C31H33Br2ClO. The van der Waals surface area contributed by atoms with Gasteiger partial charge in [-0.15, -0.1) is 0 Å². The summed E-state index contributed by atoms with van der Waals surface area (Å²) in [6.45, 7) is 10.9. The number of allylic oxidation sites excluding steroid dienone is 1. The topological polar surface area (TPSA) is 20.2 Å². The fraction of sp³-hybridized carbons (Fsp3) is 0.355. The Bertz CT molecular complexity index is 1290. The molecule has 4 rings (SSSR count). The van der Waals surface area contributed by atoms with Crippen molar-refractivity contribution in [2.45, 2.75) is 65.4 Å². The molecule has 0 spiro atoms. The highest BCUT2D eigenvalue weighted by atomic mass is 79.9. The molecule has 3 aromatic carbocycles. The Hall–Kier alpha value is -1.39. The fourth-order valence-corrected chi connectivity index (χ4v) is 6.61. The molecule has 0 amide bonds. The molecule has 184 valence electrons. The van der Waals surface area contributed by atoms with E-state index in [1.165, 1.54) is 22.3 Å². The molecule has 1 aliphatic carbocycles. The highest BCUT2D eigenvalue weighted by Crippen LogP contribution is 2.50. The normalized spacial score (nSPS) is 20.6. The van der Waals surface area contributed by atoms with E-state index in [9.17, 15) is 5.11 Å². The standard InChI is InChI=1S/C31H33Br2ClO/c1-19-8-6-10-24(28(19)32)22-15-23(25-11-7-9-20(2)29(25)33)18-31(35,17-22)26-14-21(12-13-27(26)34)16-30(3,4)5/h6-14,17,23,35H,15-16,18H2,1-5H3. The molecule has 1 aliphatic rings. The second-order valence-corrected chi connectivity index (χ2v) is 13.2. The van der Waals surface area contributed by atoms with Crippen LogP contribution in [0.15, 0.2) is 69.6 Å². The van der Waals surface area contributed by atoms with Gasteiger partial charge in [0.15, 0.2) is 0 Å². The molecule has 4 heteroatoms. The maximum Gasteiger partial charge on any atom is 0.110 e. The first-order valence-corrected chi connectivity index (χ1v) is 14.1. The number of aryl methyl sites for hydroxylation is 2. The number of rotatable bonds is 4. The Labute approximate surface area is 231 Å². The summed E-state index contributed by atoms with van der Waals surface area (Å²) >= 11 is 14.4. The zero-order valence-electron chi connectivity index (χ0n) is 21.1. The van der Waals surface area contributed by atoms with E-state index in [1.807, 2.05) is 6.07 Å². The van der Waals surface area contributed by atoms with Crippen LogP contribution in [0.3, 0.4) is 0 Å². The van der Waals surface area contributed by atoms with Crippen LogP contribution in [0.2, 0.25) is 5.02 Å². The van der Waals surface area contributed by atoms with Crippen molar-refractivity contribution in [3.63, 3.8) is 0 Å². The van der Waals surface area contributed by atoms with Gasteiger partial charge >= 0.3 is 0 Å². The fourth-order valence-electron chi connectivity index (χ4n) is 5.22. The Morgan fingerprint density at radius 2 is 1.63 bits per heavy atom. The van der Waals surface area contributed by atoms with Gasteiger partial charge in [0, 0.05) is 19.5 Å². The summed E-state index contributed by atoms with van der Waals surface area (Å²) in [5.74, 6) is 0.129. The van der Waals surface area contributed by atoms with Crippen LogP contribution in [0.25, 0.3) is 5.57 Å². The second kappa shape index (κ2) is 10.2. The van der Waals surface area contributed by atoms with E-state index in [4.69, 9.17) is 11.6 Å². The largest absolute Gasteiger partial charge is 0.381 e. The van der Waals surface area contributed by atoms with Crippen molar-refractivity contribution in [3.05, 3.63) is 108 Å². The highest BCUT2D eigenvalue weighted by molar-refractivity contribution is 9.11. The summed E-state index contributed by atoms with van der Waals surface area (Å²) in [4.78, 5) is 0. The number of hydrogen-bond acceptors (Lipinski definition) is 1. The lowest BCUT2D eigenvalue weighted by Gasteiger charge is -2.38. The molecule has 0 saturated heterocycles. The summed E-state index contributed by atoms with van der Waals surface area (Å²) in [6, 6.07) is 18.8. The SMILES string of the molecule is Cc1cccc(C2=CC(O)(c3cc(CC(C)(C)C)ccc3Cl)CC(c3cccc(C)c3Br)C2)c1Br. The van der Waals surface area contributed by atoms with Crippen LogP contribution in [0.5, 0.6) is 0 Å². The second-order valence-electron chi connectivity index (χ2n) is 11.2. The predicted molar refractivity (Wildman–Crippen MR) is 156 cm³/mol. The van der Waals surface area contributed by atoms with Crippen LogP contribution < -0.4 is 0 Å². The average molecular weight is 617 g/mol. The molecule has 2 atom stereocenters. The van der Waals surface area contributed by atoms with E-state index in [1.54, 1.807) is 0 Å². The van der Waals surface area contributed by atoms with Crippen LogP contribution in [-0.4, -0.2) is 5.11 Å². The first kappa shape index (κ1) is 26.7. The summed E-state index contributed by atoms with van der Waals surface area (Å²) in [5, 5.41) is 12.9. The van der Waals surface area contributed by atoms with E-state index in [2.05, 4.69) is 121 Å². The minimum absolute atomic E-state index is 0.129. The van der Waals surface area contributed by atoms with Gasteiger partial charge in [0.2, 0.25) is 0 Å². The molecule has 0 aliphatic heterocycles. The van der Waals surface area contributed by atoms with Crippen molar-refractivity contribution in [2.75, 3.05) is 0 Å². The number of aliphatic hydroxyl groups is 1. The average Bonchev–Trinajstić information content (AvgIpc) is 2.77. The van der Waals surface area contributed by atoms with Crippen molar-refractivity contribution in [1.29, 1.82) is 0 Å². The third-order valence-electron chi connectivity index (χ3n) is 6.87. The maximum absolute atomic E-state index is 12.3. The molecule has 2 unspecified atom stereocenters. The third-order valence-corrected chi connectivity index (χ3v) is 9.33. The predicted octanol–water partition coefficient (Wildman–Crippen LogP) is 9.92. The zero-order valence-corrected chi connectivity index (χ0v) is 25.0. The molecular weight excluding hydrogens is 584 g/mol. The first-order chi connectivity index (χ1) is 16.4. The summed E-state index contributed by atoms with van der Waals surface area (Å²) in [7, 11) is 0. The Kier molecular flexibility index (Phi) is 7.75. The quantitative estimate of drug-likeness (QED) is 0.309. The highest BCUT2D eigenvalue weighted by Gasteiger charge is 2.39. The van der Waals surface area contributed by atoms with Crippen LogP contribution >= 0.6 is 43.5 Å². The summed E-state index contributed by atoms with van der Waals surface area (Å²) in [5.41, 5.74) is 6.79. The maximum atomic E-state index is 12.3. The summed E-state index contributed by atoms with van der Waals surface area (Å²) in [6.07, 6.45) is 4.38.